The highest BCUT2D eigenvalue weighted by molar-refractivity contribution is 6.08. The van der Waals surface area contributed by atoms with E-state index in [0.717, 1.165) is 30.2 Å². The summed E-state index contributed by atoms with van der Waals surface area (Å²) in [4.78, 5) is 61.3. The zero-order valence-corrected chi connectivity index (χ0v) is 15.8. The number of likely N-dealkylation sites (tertiary alicyclic amines) is 1. The van der Waals surface area contributed by atoms with Crippen LogP contribution in [0.5, 0.6) is 0 Å². The molecule has 1 aromatic carbocycles. The predicted molar refractivity (Wildman–Crippen MR) is 97.5 cm³/mol. The van der Waals surface area contributed by atoms with Crippen LogP contribution in [-0.2, 0) is 19.1 Å². The first kappa shape index (κ1) is 19.2. The maximum atomic E-state index is 12.8. The number of ketones is 1. The third kappa shape index (κ3) is 3.10. The van der Waals surface area contributed by atoms with Crippen molar-refractivity contribution in [1.82, 2.24) is 4.90 Å². The van der Waals surface area contributed by atoms with Gasteiger partial charge in [-0.3, -0.25) is 29.4 Å². The number of nitro benzene ring substituents is 1. The minimum Gasteiger partial charge on any atom is -0.456 e. The van der Waals surface area contributed by atoms with Crippen molar-refractivity contribution in [1.29, 1.82) is 0 Å². The lowest BCUT2D eigenvalue weighted by atomic mass is 9.81. The van der Waals surface area contributed by atoms with Gasteiger partial charge in [-0.2, -0.15) is 0 Å². The zero-order chi connectivity index (χ0) is 20.9. The molecule has 0 spiro atoms. The summed E-state index contributed by atoms with van der Waals surface area (Å²) in [5.74, 6) is -2.33. The Morgan fingerprint density at radius 2 is 1.83 bits per heavy atom. The van der Waals surface area contributed by atoms with E-state index in [1.165, 1.54) is 25.1 Å². The minimum absolute atomic E-state index is 0.0408. The molecule has 9 nitrogen and oxygen atoms in total. The number of benzene rings is 1. The van der Waals surface area contributed by atoms with Gasteiger partial charge in [-0.15, -0.1) is 0 Å². The van der Waals surface area contributed by atoms with E-state index < -0.39 is 29.3 Å². The van der Waals surface area contributed by atoms with Crippen LogP contribution < -0.4 is 0 Å². The Balaban J connectivity index is 1.39. The van der Waals surface area contributed by atoms with E-state index in [-0.39, 0.29) is 46.7 Å². The Morgan fingerprint density at radius 3 is 2.41 bits per heavy atom. The number of nitro groups is 1. The number of carbonyl (C=O) groups is 4. The van der Waals surface area contributed by atoms with Gasteiger partial charge in [-0.05, 0) is 38.0 Å². The van der Waals surface area contributed by atoms with Crippen molar-refractivity contribution in [3.63, 3.8) is 0 Å². The molecule has 152 valence electrons. The first-order chi connectivity index (χ1) is 13.8. The maximum absolute atomic E-state index is 12.8. The normalized spacial score (nSPS) is 28.4. The molecule has 4 rings (SSSR count). The summed E-state index contributed by atoms with van der Waals surface area (Å²) in [6, 6.07) is 3.99. The molecule has 29 heavy (non-hydrogen) atoms. The second-order valence-corrected chi connectivity index (χ2v) is 7.95. The largest absolute Gasteiger partial charge is 0.456 e. The monoisotopic (exact) mass is 400 g/mol. The number of amides is 2. The summed E-state index contributed by atoms with van der Waals surface area (Å²) >= 11 is 0. The molecule has 0 N–H and O–H groups in total. The molecule has 1 heterocycles. The van der Waals surface area contributed by atoms with E-state index in [4.69, 9.17) is 4.74 Å². The average molecular weight is 400 g/mol. The molecule has 3 aliphatic rings. The number of fused-ring (bicyclic) bond motifs is 5. The first-order valence-electron chi connectivity index (χ1n) is 9.60. The number of carbonyl (C=O) groups excluding carboxylic acids is 4. The number of rotatable bonds is 6. The highest BCUT2D eigenvalue weighted by Gasteiger charge is 2.62. The van der Waals surface area contributed by atoms with Crippen LogP contribution in [0.3, 0.4) is 0 Å². The summed E-state index contributed by atoms with van der Waals surface area (Å²) in [7, 11) is 0. The summed E-state index contributed by atoms with van der Waals surface area (Å²) < 4.78 is 5.02. The van der Waals surface area contributed by atoms with Gasteiger partial charge in [0.15, 0.2) is 6.61 Å². The molecule has 2 aliphatic carbocycles. The summed E-state index contributed by atoms with van der Waals surface area (Å²) in [5, 5.41) is 10.8. The van der Waals surface area contributed by atoms with Crippen LogP contribution in [0.1, 0.15) is 36.5 Å². The number of non-ortho nitro benzene ring substituents is 1. The average Bonchev–Trinajstić information content (AvgIpc) is 3.39. The SMILES string of the molecule is C[C@@H](C(=O)OCC(=O)c1cccc([N+](=O)[O-])c1)N1C(=O)[C@@H]2[C@H]3CC[C@@H](C3)[C@@H]2C1=O. The molecule has 0 radical (unpaired) electrons. The van der Waals surface area contributed by atoms with Gasteiger partial charge in [0, 0.05) is 17.7 Å². The van der Waals surface area contributed by atoms with Gasteiger partial charge in [0.1, 0.15) is 6.04 Å². The topological polar surface area (TPSA) is 124 Å². The Bertz CT molecular complexity index is 899. The van der Waals surface area contributed by atoms with Crippen LogP contribution in [-0.4, -0.2) is 46.0 Å². The lowest BCUT2D eigenvalue weighted by molar-refractivity contribution is -0.384. The van der Waals surface area contributed by atoms with Crippen molar-refractivity contribution in [3.05, 3.63) is 39.9 Å². The van der Waals surface area contributed by atoms with E-state index in [1.807, 2.05) is 0 Å². The molecule has 5 atom stereocenters. The third-order valence-corrected chi connectivity index (χ3v) is 6.41. The molecule has 1 aromatic rings. The Kier molecular flexibility index (Phi) is 4.68. The molecule has 3 fully saturated rings. The Labute approximate surface area is 166 Å². The van der Waals surface area contributed by atoms with Crippen LogP contribution in [0.2, 0.25) is 0 Å². The van der Waals surface area contributed by atoms with E-state index in [9.17, 15) is 29.3 Å². The van der Waals surface area contributed by atoms with E-state index >= 15 is 0 Å². The van der Waals surface area contributed by atoms with Crippen LogP contribution in [0.4, 0.5) is 5.69 Å². The van der Waals surface area contributed by atoms with Crippen molar-refractivity contribution in [3.8, 4) is 0 Å². The lowest BCUT2D eigenvalue weighted by Gasteiger charge is -2.22. The molecule has 1 saturated heterocycles. The zero-order valence-electron chi connectivity index (χ0n) is 15.8. The molecule has 2 saturated carbocycles. The van der Waals surface area contributed by atoms with Gasteiger partial charge in [0.2, 0.25) is 17.6 Å². The number of hydrogen-bond donors (Lipinski definition) is 0. The molecule has 1 aliphatic heterocycles. The fourth-order valence-corrected chi connectivity index (χ4v) is 5.05. The number of hydrogen-bond acceptors (Lipinski definition) is 7. The number of Topliss-reactive ketones (excluding diaryl/α,β-unsaturated/α-hetero) is 1. The van der Waals surface area contributed by atoms with Gasteiger partial charge in [-0.25, -0.2) is 4.79 Å². The van der Waals surface area contributed by atoms with Crippen LogP contribution >= 0.6 is 0 Å². The van der Waals surface area contributed by atoms with Gasteiger partial charge in [-0.1, -0.05) is 12.1 Å². The van der Waals surface area contributed by atoms with Gasteiger partial charge in [0.25, 0.3) is 5.69 Å². The summed E-state index contributed by atoms with van der Waals surface area (Å²) in [5.41, 5.74) is -0.205. The quantitative estimate of drug-likeness (QED) is 0.234. The summed E-state index contributed by atoms with van der Waals surface area (Å²) in [6.07, 6.45) is 2.78. The maximum Gasteiger partial charge on any atom is 0.329 e. The van der Waals surface area contributed by atoms with Crippen molar-refractivity contribution in [2.75, 3.05) is 6.61 Å². The fourth-order valence-electron chi connectivity index (χ4n) is 5.05. The minimum atomic E-state index is -1.11. The highest BCUT2D eigenvalue weighted by atomic mass is 16.6. The van der Waals surface area contributed by atoms with Gasteiger partial charge >= 0.3 is 5.97 Å². The lowest BCUT2D eigenvalue weighted by Crippen LogP contribution is -2.45. The Hall–Kier alpha value is -3.10. The number of esters is 1. The van der Waals surface area contributed by atoms with E-state index in [2.05, 4.69) is 0 Å². The van der Waals surface area contributed by atoms with E-state index in [1.54, 1.807) is 0 Å². The number of nitrogens with zero attached hydrogens (tertiary/aromatic N) is 2. The van der Waals surface area contributed by atoms with Crippen LogP contribution in [0.15, 0.2) is 24.3 Å². The van der Waals surface area contributed by atoms with Crippen molar-refractivity contribution >= 4 is 29.3 Å². The first-order valence-corrected chi connectivity index (χ1v) is 9.60. The molecule has 0 unspecified atom stereocenters. The molecule has 0 aromatic heterocycles. The van der Waals surface area contributed by atoms with Crippen LogP contribution in [0, 0.1) is 33.8 Å². The van der Waals surface area contributed by atoms with Crippen LogP contribution in [0.25, 0.3) is 0 Å². The molecule has 9 heteroatoms. The van der Waals surface area contributed by atoms with Crippen molar-refractivity contribution in [2.45, 2.75) is 32.2 Å². The second kappa shape index (κ2) is 7.06. The molecule has 2 amide bonds. The van der Waals surface area contributed by atoms with Gasteiger partial charge in [0.05, 0.1) is 16.8 Å². The second-order valence-electron chi connectivity index (χ2n) is 7.95. The molecule has 2 bridgehead atoms. The van der Waals surface area contributed by atoms with Crippen molar-refractivity contribution in [2.24, 2.45) is 23.7 Å². The molecular formula is C20H20N2O7. The fraction of sp³-hybridized carbons (Fsp3) is 0.500. The number of ether oxygens (including phenoxy) is 1. The third-order valence-electron chi connectivity index (χ3n) is 6.41. The van der Waals surface area contributed by atoms with E-state index in [0.29, 0.717) is 0 Å². The van der Waals surface area contributed by atoms with Gasteiger partial charge < -0.3 is 4.74 Å². The smallest absolute Gasteiger partial charge is 0.329 e. The Morgan fingerprint density at radius 1 is 1.21 bits per heavy atom. The molecular weight excluding hydrogens is 380 g/mol. The van der Waals surface area contributed by atoms with Crippen molar-refractivity contribution < 1.29 is 28.8 Å². The standard InChI is InChI=1S/C20H20N2O7/c1-10(21-18(24)16-12-5-6-13(7-12)17(16)19(21)25)20(26)29-9-15(23)11-3-2-4-14(8-11)22(27)28/h2-4,8,10,12-13,16-17H,5-7,9H2,1H3/t10-,12-,13-,16-,17+/m0/s1. The number of imide groups is 1. The summed E-state index contributed by atoms with van der Waals surface area (Å²) in [6.45, 7) is 0.789. The predicted octanol–water partition coefficient (Wildman–Crippen LogP) is 1.74. The highest BCUT2D eigenvalue weighted by Crippen LogP contribution is 2.56.